The van der Waals surface area contributed by atoms with Crippen LogP contribution < -0.4 is 4.90 Å². The topological polar surface area (TPSA) is 57.6 Å². The molecule has 1 atom stereocenters. The van der Waals surface area contributed by atoms with Gasteiger partial charge in [-0.1, -0.05) is 6.07 Å². The SMILES string of the molecule is CN1C(=O)C[C@@H](C(=O)O)c2ccc(F)cc21. The van der Waals surface area contributed by atoms with Crippen LogP contribution in [0.25, 0.3) is 0 Å². The van der Waals surface area contributed by atoms with Crippen LogP contribution >= 0.6 is 0 Å². The number of amides is 1. The molecule has 5 heteroatoms. The minimum atomic E-state index is -1.06. The first-order chi connectivity index (χ1) is 7.50. The second-order valence-corrected chi connectivity index (χ2v) is 3.75. The van der Waals surface area contributed by atoms with Gasteiger partial charge in [-0.3, -0.25) is 9.59 Å². The Morgan fingerprint density at radius 1 is 1.56 bits per heavy atom. The lowest BCUT2D eigenvalue weighted by molar-refractivity contribution is -0.140. The van der Waals surface area contributed by atoms with E-state index in [1.54, 1.807) is 0 Å². The van der Waals surface area contributed by atoms with E-state index in [0.717, 1.165) is 0 Å². The number of hydrogen-bond donors (Lipinski definition) is 1. The zero-order valence-corrected chi connectivity index (χ0v) is 8.61. The van der Waals surface area contributed by atoms with Crippen molar-refractivity contribution in [1.29, 1.82) is 0 Å². The first kappa shape index (κ1) is 10.6. The zero-order chi connectivity index (χ0) is 11.9. The molecule has 0 spiro atoms. The summed E-state index contributed by atoms with van der Waals surface area (Å²) in [4.78, 5) is 23.8. The predicted molar refractivity (Wildman–Crippen MR) is 54.8 cm³/mol. The third-order valence-corrected chi connectivity index (χ3v) is 2.78. The minimum absolute atomic E-state index is 0.0789. The fourth-order valence-electron chi connectivity index (χ4n) is 1.88. The third-order valence-electron chi connectivity index (χ3n) is 2.78. The van der Waals surface area contributed by atoms with Crippen molar-refractivity contribution in [1.82, 2.24) is 0 Å². The second-order valence-electron chi connectivity index (χ2n) is 3.75. The molecule has 0 aromatic heterocycles. The first-order valence-electron chi connectivity index (χ1n) is 4.79. The summed E-state index contributed by atoms with van der Waals surface area (Å²) < 4.78 is 13.0. The van der Waals surface area contributed by atoms with Crippen LogP contribution in [0.3, 0.4) is 0 Å². The largest absolute Gasteiger partial charge is 0.481 e. The van der Waals surface area contributed by atoms with E-state index in [4.69, 9.17) is 5.11 Å². The van der Waals surface area contributed by atoms with Crippen LogP contribution in [0, 0.1) is 5.82 Å². The van der Waals surface area contributed by atoms with E-state index >= 15 is 0 Å². The third kappa shape index (κ3) is 1.54. The summed E-state index contributed by atoms with van der Waals surface area (Å²) in [6.45, 7) is 0. The molecule has 1 amide bonds. The molecule has 1 N–H and O–H groups in total. The molecule has 0 aliphatic carbocycles. The molecular formula is C11H10FNO3. The molecule has 1 aliphatic rings. The van der Waals surface area contributed by atoms with Crippen molar-refractivity contribution in [2.75, 3.05) is 11.9 Å². The van der Waals surface area contributed by atoms with Gasteiger partial charge in [0.25, 0.3) is 0 Å². The maximum absolute atomic E-state index is 13.0. The van der Waals surface area contributed by atoms with Crippen molar-refractivity contribution < 1.29 is 19.1 Å². The summed E-state index contributed by atoms with van der Waals surface area (Å²) in [6.07, 6.45) is -0.0789. The van der Waals surface area contributed by atoms with Crippen molar-refractivity contribution in [3.63, 3.8) is 0 Å². The molecular weight excluding hydrogens is 213 g/mol. The molecule has 0 radical (unpaired) electrons. The molecule has 0 unspecified atom stereocenters. The smallest absolute Gasteiger partial charge is 0.311 e. The molecule has 0 bridgehead atoms. The number of carboxylic acids is 1. The van der Waals surface area contributed by atoms with Crippen LogP contribution in [0.1, 0.15) is 17.9 Å². The first-order valence-corrected chi connectivity index (χ1v) is 4.79. The zero-order valence-electron chi connectivity index (χ0n) is 8.61. The highest BCUT2D eigenvalue weighted by Gasteiger charge is 2.33. The van der Waals surface area contributed by atoms with Crippen molar-refractivity contribution in [2.24, 2.45) is 0 Å². The lowest BCUT2D eigenvalue weighted by atomic mass is 9.90. The minimum Gasteiger partial charge on any atom is -0.481 e. The number of fused-ring (bicyclic) bond motifs is 1. The van der Waals surface area contributed by atoms with E-state index in [1.165, 1.54) is 30.1 Å². The normalized spacial score (nSPS) is 19.5. The number of carbonyl (C=O) groups excluding carboxylic acids is 1. The molecule has 84 valence electrons. The summed E-state index contributed by atoms with van der Waals surface area (Å²) in [5.41, 5.74) is 0.819. The van der Waals surface area contributed by atoms with E-state index < -0.39 is 17.7 Å². The van der Waals surface area contributed by atoms with Gasteiger partial charge in [0.1, 0.15) is 5.82 Å². The molecule has 16 heavy (non-hydrogen) atoms. The predicted octanol–water partition coefficient (Wildman–Crippen LogP) is 1.36. The number of carboxylic acid groups (broad SMARTS) is 1. The van der Waals surface area contributed by atoms with E-state index in [9.17, 15) is 14.0 Å². The van der Waals surface area contributed by atoms with Gasteiger partial charge in [0.15, 0.2) is 0 Å². The number of benzene rings is 1. The summed E-state index contributed by atoms with van der Waals surface area (Å²) in [6, 6.07) is 3.81. The number of halogens is 1. The van der Waals surface area contributed by atoms with E-state index in [1.807, 2.05) is 0 Å². The number of carbonyl (C=O) groups is 2. The van der Waals surface area contributed by atoms with Gasteiger partial charge in [0.2, 0.25) is 5.91 Å². The summed E-state index contributed by atoms with van der Waals surface area (Å²) in [5.74, 6) is -2.73. The van der Waals surface area contributed by atoms with Crippen molar-refractivity contribution in [2.45, 2.75) is 12.3 Å². The molecule has 1 aromatic rings. The van der Waals surface area contributed by atoms with Gasteiger partial charge in [0.05, 0.1) is 11.6 Å². The Kier molecular flexibility index (Phi) is 2.38. The highest BCUT2D eigenvalue weighted by atomic mass is 19.1. The van der Waals surface area contributed by atoms with Crippen LogP contribution in [0.4, 0.5) is 10.1 Å². The molecule has 4 nitrogen and oxygen atoms in total. The average Bonchev–Trinajstić information content (AvgIpc) is 2.23. The van der Waals surface area contributed by atoms with Gasteiger partial charge in [-0.05, 0) is 17.7 Å². The van der Waals surface area contributed by atoms with Crippen LogP contribution in [0.2, 0.25) is 0 Å². The number of rotatable bonds is 1. The quantitative estimate of drug-likeness (QED) is 0.782. The number of aliphatic carboxylic acids is 1. The average molecular weight is 223 g/mol. The molecule has 1 heterocycles. The summed E-state index contributed by atoms with van der Waals surface area (Å²) in [7, 11) is 1.51. The lowest BCUT2D eigenvalue weighted by Crippen LogP contribution is -2.35. The van der Waals surface area contributed by atoms with Crippen LogP contribution in [-0.4, -0.2) is 24.0 Å². The monoisotopic (exact) mass is 223 g/mol. The molecule has 0 saturated carbocycles. The Hall–Kier alpha value is -1.91. The Balaban J connectivity index is 2.58. The Labute approximate surface area is 91.3 Å². The fourth-order valence-corrected chi connectivity index (χ4v) is 1.88. The summed E-state index contributed by atoms with van der Waals surface area (Å²) in [5, 5.41) is 8.99. The standard InChI is InChI=1S/C11H10FNO3/c1-13-9-4-6(12)2-3-7(9)8(11(15)16)5-10(13)14/h2-4,8H,5H2,1H3,(H,15,16)/t8-/m1/s1. The number of hydrogen-bond acceptors (Lipinski definition) is 2. The van der Waals surface area contributed by atoms with Gasteiger partial charge in [0, 0.05) is 13.5 Å². The Morgan fingerprint density at radius 2 is 2.25 bits per heavy atom. The van der Waals surface area contributed by atoms with Crippen molar-refractivity contribution in [3.8, 4) is 0 Å². The van der Waals surface area contributed by atoms with Crippen molar-refractivity contribution in [3.05, 3.63) is 29.6 Å². The molecule has 0 saturated heterocycles. The summed E-state index contributed by atoms with van der Waals surface area (Å²) >= 11 is 0. The van der Waals surface area contributed by atoms with E-state index in [-0.39, 0.29) is 12.3 Å². The van der Waals surface area contributed by atoms with Crippen LogP contribution in [0.15, 0.2) is 18.2 Å². The lowest BCUT2D eigenvalue weighted by Gasteiger charge is -2.29. The molecule has 0 fully saturated rings. The van der Waals surface area contributed by atoms with Gasteiger partial charge in [-0.2, -0.15) is 0 Å². The van der Waals surface area contributed by atoms with Gasteiger partial charge in [-0.25, -0.2) is 4.39 Å². The molecule has 2 rings (SSSR count). The Bertz CT molecular complexity index is 472. The van der Waals surface area contributed by atoms with Gasteiger partial charge < -0.3 is 10.0 Å². The van der Waals surface area contributed by atoms with Crippen molar-refractivity contribution >= 4 is 17.6 Å². The highest BCUT2D eigenvalue weighted by Crippen LogP contribution is 2.35. The number of anilines is 1. The van der Waals surface area contributed by atoms with E-state index in [2.05, 4.69) is 0 Å². The molecule has 1 aliphatic heterocycles. The maximum atomic E-state index is 13.0. The molecule has 1 aromatic carbocycles. The Morgan fingerprint density at radius 3 is 2.88 bits per heavy atom. The number of nitrogens with zero attached hydrogens (tertiary/aromatic N) is 1. The van der Waals surface area contributed by atoms with Crippen LogP contribution in [0.5, 0.6) is 0 Å². The van der Waals surface area contributed by atoms with E-state index in [0.29, 0.717) is 11.3 Å². The van der Waals surface area contributed by atoms with Gasteiger partial charge >= 0.3 is 5.97 Å². The highest BCUT2D eigenvalue weighted by molar-refractivity contribution is 6.01. The maximum Gasteiger partial charge on any atom is 0.311 e. The van der Waals surface area contributed by atoms with Gasteiger partial charge in [-0.15, -0.1) is 0 Å². The second kappa shape index (κ2) is 3.59. The fraction of sp³-hybridized carbons (Fsp3) is 0.273. The van der Waals surface area contributed by atoms with Crippen LogP contribution in [-0.2, 0) is 9.59 Å².